The number of aromatic amines is 1. The van der Waals surface area contributed by atoms with Crippen molar-refractivity contribution in [1.29, 1.82) is 0 Å². The molecule has 3 aromatic rings. The summed E-state index contributed by atoms with van der Waals surface area (Å²) < 4.78 is 2.04. The van der Waals surface area contributed by atoms with Crippen LogP contribution in [0.5, 0.6) is 0 Å². The standard InChI is InChI=1S/C14H14N4/c1-9-6-11-12(7-9)16-17-14(11)10-2-3-13-15-4-5-18(13)8-10/h2-5,8-9H,6-7H2,1H3,(H,16,17). The summed E-state index contributed by atoms with van der Waals surface area (Å²) in [6, 6.07) is 4.14. The van der Waals surface area contributed by atoms with E-state index in [1.807, 2.05) is 22.9 Å². The number of H-pyrrole nitrogens is 1. The van der Waals surface area contributed by atoms with Gasteiger partial charge in [0.15, 0.2) is 0 Å². The number of imidazole rings is 1. The van der Waals surface area contributed by atoms with E-state index in [4.69, 9.17) is 0 Å². The monoisotopic (exact) mass is 238 g/mol. The molecule has 18 heavy (non-hydrogen) atoms. The SMILES string of the molecule is CC1Cc2[nH]nc(-c3ccc4nccn4c3)c2C1. The molecule has 0 radical (unpaired) electrons. The highest BCUT2D eigenvalue weighted by atomic mass is 15.1. The van der Waals surface area contributed by atoms with Crippen molar-refractivity contribution in [2.45, 2.75) is 19.8 Å². The van der Waals surface area contributed by atoms with Crippen molar-refractivity contribution in [3.63, 3.8) is 0 Å². The van der Waals surface area contributed by atoms with Crippen LogP contribution in [0.3, 0.4) is 0 Å². The van der Waals surface area contributed by atoms with Gasteiger partial charge in [-0.05, 0) is 30.9 Å². The van der Waals surface area contributed by atoms with Gasteiger partial charge < -0.3 is 4.40 Å². The minimum absolute atomic E-state index is 0.727. The molecule has 4 rings (SSSR count). The zero-order chi connectivity index (χ0) is 12.1. The maximum Gasteiger partial charge on any atom is 0.136 e. The molecule has 0 spiro atoms. The van der Waals surface area contributed by atoms with Crippen LogP contribution in [0, 0.1) is 5.92 Å². The molecule has 1 unspecified atom stereocenters. The fourth-order valence-corrected chi connectivity index (χ4v) is 2.86. The third-order valence-corrected chi connectivity index (χ3v) is 3.72. The second kappa shape index (κ2) is 3.45. The van der Waals surface area contributed by atoms with Gasteiger partial charge >= 0.3 is 0 Å². The summed E-state index contributed by atoms with van der Waals surface area (Å²) in [4.78, 5) is 4.26. The Bertz CT molecular complexity index is 722. The van der Waals surface area contributed by atoms with Gasteiger partial charge in [-0.2, -0.15) is 5.10 Å². The van der Waals surface area contributed by atoms with Crippen LogP contribution in [-0.2, 0) is 12.8 Å². The summed E-state index contributed by atoms with van der Waals surface area (Å²) >= 11 is 0. The molecule has 1 N–H and O–H groups in total. The number of pyridine rings is 1. The van der Waals surface area contributed by atoms with Crippen LogP contribution >= 0.6 is 0 Å². The summed E-state index contributed by atoms with van der Waals surface area (Å²) in [6.45, 7) is 2.29. The van der Waals surface area contributed by atoms with Gasteiger partial charge in [0.2, 0.25) is 0 Å². The van der Waals surface area contributed by atoms with Crippen molar-refractivity contribution in [1.82, 2.24) is 19.6 Å². The first-order valence-corrected chi connectivity index (χ1v) is 6.30. The van der Waals surface area contributed by atoms with Crippen LogP contribution in [-0.4, -0.2) is 19.6 Å². The van der Waals surface area contributed by atoms with Gasteiger partial charge in [0.1, 0.15) is 5.65 Å². The lowest BCUT2D eigenvalue weighted by molar-refractivity contribution is 0.617. The van der Waals surface area contributed by atoms with E-state index in [1.54, 1.807) is 0 Å². The Kier molecular flexibility index (Phi) is 1.89. The fourth-order valence-electron chi connectivity index (χ4n) is 2.86. The molecule has 1 atom stereocenters. The molecule has 0 amide bonds. The molecular weight excluding hydrogens is 224 g/mol. The van der Waals surface area contributed by atoms with Crippen LogP contribution < -0.4 is 0 Å². The van der Waals surface area contributed by atoms with Gasteiger partial charge in [0, 0.05) is 35.4 Å². The number of hydrogen-bond donors (Lipinski definition) is 1. The first kappa shape index (κ1) is 9.88. The number of fused-ring (bicyclic) bond motifs is 2. The predicted octanol–water partition coefficient (Wildman–Crippen LogP) is 2.46. The molecule has 1 aliphatic rings. The summed E-state index contributed by atoms with van der Waals surface area (Å²) in [5.74, 6) is 0.727. The van der Waals surface area contributed by atoms with E-state index in [2.05, 4.69) is 34.4 Å². The summed E-state index contributed by atoms with van der Waals surface area (Å²) in [7, 11) is 0. The van der Waals surface area contributed by atoms with Crippen LogP contribution in [0.25, 0.3) is 16.9 Å². The molecule has 4 nitrogen and oxygen atoms in total. The lowest BCUT2D eigenvalue weighted by Gasteiger charge is -2.02. The third kappa shape index (κ3) is 1.32. The van der Waals surface area contributed by atoms with E-state index in [0.29, 0.717) is 0 Å². The second-order valence-corrected chi connectivity index (χ2v) is 5.15. The van der Waals surface area contributed by atoms with Gasteiger partial charge in [-0.3, -0.25) is 5.10 Å². The molecule has 0 fully saturated rings. The normalized spacial score (nSPS) is 18.4. The molecular formula is C14H14N4. The highest BCUT2D eigenvalue weighted by molar-refractivity contribution is 5.66. The Morgan fingerprint density at radius 3 is 3.22 bits per heavy atom. The Balaban J connectivity index is 1.87. The zero-order valence-corrected chi connectivity index (χ0v) is 10.2. The van der Waals surface area contributed by atoms with Gasteiger partial charge in [-0.1, -0.05) is 6.92 Å². The third-order valence-electron chi connectivity index (χ3n) is 3.72. The summed E-state index contributed by atoms with van der Waals surface area (Å²) in [5.41, 5.74) is 5.93. The molecule has 0 bridgehead atoms. The lowest BCUT2D eigenvalue weighted by atomic mass is 10.1. The van der Waals surface area contributed by atoms with Crippen molar-refractivity contribution in [3.05, 3.63) is 42.0 Å². The minimum Gasteiger partial charge on any atom is -0.306 e. The van der Waals surface area contributed by atoms with Crippen LogP contribution in [0.1, 0.15) is 18.2 Å². The van der Waals surface area contributed by atoms with Crippen molar-refractivity contribution >= 4 is 5.65 Å². The highest BCUT2D eigenvalue weighted by Gasteiger charge is 2.24. The number of nitrogens with one attached hydrogen (secondary N) is 1. The molecule has 3 aromatic heterocycles. The number of rotatable bonds is 1. The van der Waals surface area contributed by atoms with Crippen LogP contribution in [0.2, 0.25) is 0 Å². The fraction of sp³-hybridized carbons (Fsp3) is 0.286. The van der Waals surface area contributed by atoms with E-state index in [0.717, 1.165) is 35.7 Å². The average Bonchev–Trinajstić information content (AvgIpc) is 3.01. The van der Waals surface area contributed by atoms with Gasteiger partial charge in [0.05, 0.1) is 5.69 Å². The Labute approximate surface area is 105 Å². The van der Waals surface area contributed by atoms with Gasteiger partial charge in [-0.15, -0.1) is 0 Å². The molecule has 3 heterocycles. The first-order chi connectivity index (χ1) is 8.81. The van der Waals surface area contributed by atoms with Crippen LogP contribution in [0.4, 0.5) is 0 Å². The minimum atomic E-state index is 0.727. The lowest BCUT2D eigenvalue weighted by Crippen LogP contribution is -1.94. The van der Waals surface area contributed by atoms with Crippen molar-refractivity contribution < 1.29 is 0 Å². The topological polar surface area (TPSA) is 46.0 Å². The molecule has 0 aliphatic heterocycles. The van der Waals surface area contributed by atoms with Crippen LogP contribution in [0.15, 0.2) is 30.7 Å². The van der Waals surface area contributed by atoms with Gasteiger partial charge in [-0.25, -0.2) is 4.98 Å². The van der Waals surface area contributed by atoms with E-state index >= 15 is 0 Å². The maximum atomic E-state index is 4.47. The number of aromatic nitrogens is 4. The molecule has 0 aromatic carbocycles. The summed E-state index contributed by atoms with van der Waals surface area (Å²) in [6.07, 6.45) is 8.13. The predicted molar refractivity (Wildman–Crippen MR) is 69.3 cm³/mol. The maximum absolute atomic E-state index is 4.47. The number of hydrogen-bond acceptors (Lipinski definition) is 2. The first-order valence-electron chi connectivity index (χ1n) is 6.30. The number of nitrogens with zero attached hydrogens (tertiary/aromatic N) is 3. The van der Waals surface area contributed by atoms with E-state index in [-0.39, 0.29) is 0 Å². The highest BCUT2D eigenvalue weighted by Crippen LogP contribution is 2.32. The quantitative estimate of drug-likeness (QED) is 0.707. The Hall–Kier alpha value is -2.10. The molecule has 90 valence electrons. The van der Waals surface area contributed by atoms with Crippen molar-refractivity contribution in [2.75, 3.05) is 0 Å². The largest absolute Gasteiger partial charge is 0.306 e. The molecule has 0 saturated heterocycles. The Morgan fingerprint density at radius 2 is 2.28 bits per heavy atom. The average molecular weight is 238 g/mol. The van der Waals surface area contributed by atoms with Crippen molar-refractivity contribution in [2.24, 2.45) is 5.92 Å². The molecule has 1 aliphatic carbocycles. The smallest absolute Gasteiger partial charge is 0.136 e. The van der Waals surface area contributed by atoms with Crippen molar-refractivity contribution in [3.8, 4) is 11.3 Å². The molecule has 0 saturated carbocycles. The van der Waals surface area contributed by atoms with E-state index in [1.165, 1.54) is 11.3 Å². The second-order valence-electron chi connectivity index (χ2n) is 5.15. The van der Waals surface area contributed by atoms with E-state index in [9.17, 15) is 0 Å². The summed E-state index contributed by atoms with van der Waals surface area (Å²) in [5, 5.41) is 7.66. The molecule has 4 heteroatoms. The van der Waals surface area contributed by atoms with Gasteiger partial charge in [0.25, 0.3) is 0 Å². The van der Waals surface area contributed by atoms with E-state index < -0.39 is 0 Å². The zero-order valence-electron chi connectivity index (χ0n) is 10.2. The Morgan fingerprint density at radius 1 is 1.33 bits per heavy atom.